The van der Waals surface area contributed by atoms with Gasteiger partial charge in [0, 0.05) is 112 Å². The number of hydrogen-bond acceptors (Lipinski definition) is 8. The highest BCUT2D eigenvalue weighted by Crippen LogP contribution is 2.50. The number of aromatic nitrogens is 6. The molecular weight excluding hydrogens is 1370 g/mol. The average Bonchev–Trinajstić information content (AvgIpc) is 1.49. The molecule has 0 atom stereocenters. The van der Waals surface area contributed by atoms with E-state index < -0.39 is 0 Å². The Morgan fingerprint density at radius 2 is 0.555 bits per heavy atom. The molecule has 0 N–H and O–H groups in total. The molecule has 0 aliphatic carbocycles. The summed E-state index contributed by atoms with van der Waals surface area (Å²) >= 11 is 3.70. The van der Waals surface area contributed by atoms with Crippen molar-refractivity contribution < 1.29 is 0 Å². The quantitative estimate of drug-likeness (QED) is 0.120. The van der Waals surface area contributed by atoms with E-state index in [1.165, 1.54) is 61.9 Å². The Morgan fingerprint density at radius 3 is 1.09 bits per heavy atom. The van der Waals surface area contributed by atoms with Crippen molar-refractivity contribution in [1.29, 1.82) is 0 Å². The van der Waals surface area contributed by atoms with Crippen molar-refractivity contribution in [3.63, 3.8) is 0 Å². The number of nitrogens with zero attached hydrogens (tertiary/aromatic N) is 6. The first-order valence-electron chi connectivity index (χ1n) is 37.1. The van der Waals surface area contributed by atoms with Crippen molar-refractivity contribution in [3.8, 4) is 123 Å². The van der Waals surface area contributed by atoms with Gasteiger partial charge in [0.25, 0.3) is 0 Å². The van der Waals surface area contributed by atoms with Crippen LogP contribution in [0.25, 0.3) is 229 Å². The fraction of sp³-hybridized carbons (Fsp3) is 0. The van der Waals surface area contributed by atoms with Crippen LogP contribution in [0.4, 0.5) is 0 Å². The molecule has 7 aromatic heterocycles. The van der Waals surface area contributed by atoms with Gasteiger partial charge in [-0.1, -0.05) is 322 Å². The lowest BCUT2D eigenvalue weighted by Crippen LogP contribution is -1.96. The van der Waals surface area contributed by atoms with Crippen LogP contribution in [0.3, 0.4) is 0 Å². The predicted molar refractivity (Wildman–Crippen MR) is 464 cm³/mol. The first kappa shape index (κ1) is 63.3. The van der Waals surface area contributed by atoms with Crippen LogP contribution in [-0.4, -0.2) is 29.9 Å². The van der Waals surface area contributed by atoms with Crippen LogP contribution in [-0.2, 0) is 0 Å². The summed E-state index contributed by atoms with van der Waals surface area (Å²) in [4.78, 5) is 32.7. The van der Waals surface area contributed by atoms with E-state index in [0.29, 0.717) is 5.82 Å². The van der Waals surface area contributed by atoms with E-state index >= 15 is 0 Å². The molecule has 7 heterocycles. The number of fused-ring (bicyclic) bond motifs is 15. The van der Waals surface area contributed by atoms with Gasteiger partial charge in [0.05, 0.1) is 56.2 Å². The molecule has 8 heteroatoms. The van der Waals surface area contributed by atoms with Crippen molar-refractivity contribution >= 4 is 128 Å². The van der Waals surface area contributed by atoms with Gasteiger partial charge >= 0.3 is 0 Å². The number of thiophene rings is 2. The van der Waals surface area contributed by atoms with Gasteiger partial charge in [-0.25, -0.2) is 29.9 Å². The molecule has 0 amide bonds. The molecule has 0 saturated heterocycles. The first-order valence-corrected chi connectivity index (χ1v) is 38.7. The Morgan fingerprint density at radius 1 is 0.182 bits per heavy atom. The van der Waals surface area contributed by atoms with E-state index in [-0.39, 0.29) is 0 Å². The van der Waals surface area contributed by atoms with Gasteiger partial charge < -0.3 is 0 Å². The second-order valence-corrected chi connectivity index (χ2v) is 30.4. The van der Waals surface area contributed by atoms with Crippen molar-refractivity contribution in [2.45, 2.75) is 0 Å². The third-order valence-corrected chi connectivity index (χ3v) is 24.3. The minimum Gasteiger partial charge on any atom is -0.246 e. The summed E-state index contributed by atoms with van der Waals surface area (Å²) in [6.07, 6.45) is 0. The molecule has 22 aromatic rings. The van der Waals surface area contributed by atoms with E-state index in [2.05, 4.69) is 340 Å². The smallest absolute Gasteiger partial charge is 0.160 e. The summed E-state index contributed by atoms with van der Waals surface area (Å²) in [6.45, 7) is 0. The summed E-state index contributed by atoms with van der Waals surface area (Å²) in [5.41, 5.74) is 25.2. The van der Waals surface area contributed by atoms with Crippen LogP contribution in [0.5, 0.6) is 0 Å². The maximum atomic E-state index is 5.88. The van der Waals surface area contributed by atoms with E-state index in [1.807, 2.05) is 46.9 Å². The van der Waals surface area contributed by atoms with Crippen molar-refractivity contribution in [1.82, 2.24) is 29.9 Å². The van der Waals surface area contributed by atoms with Gasteiger partial charge in [-0.3, -0.25) is 0 Å². The highest BCUT2D eigenvalue weighted by atomic mass is 32.1. The third-order valence-electron chi connectivity index (χ3n) is 21.9. The zero-order chi connectivity index (χ0) is 72.3. The minimum absolute atomic E-state index is 0.666. The Hall–Kier alpha value is -14.0. The fourth-order valence-electron chi connectivity index (χ4n) is 16.4. The lowest BCUT2D eigenvalue weighted by molar-refractivity contribution is 1.18. The lowest BCUT2D eigenvalue weighted by Gasteiger charge is -2.16. The molecule has 0 unspecified atom stereocenters. The molecule has 510 valence electrons. The molecular formula is C102H60N6S2. The maximum Gasteiger partial charge on any atom is 0.160 e. The molecule has 0 aliphatic rings. The van der Waals surface area contributed by atoms with Gasteiger partial charge in [-0.15, -0.1) is 22.7 Å². The van der Waals surface area contributed by atoms with Gasteiger partial charge in [0.15, 0.2) is 5.82 Å². The van der Waals surface area contributed by atoms with Gasteiger partial charge in [-0.2, -0.15) is 0 Å². The van der Waals surface area contributed by atoms with Gasteiger partial charge in [0.2, 0.25) is 0 Å². The number of rotatable bonds is 11. The highest BCUT2D eigenvalue weighted by molar-refractivity contribution is 7.27. The second-order valence-electron chi connectivity index (χ2n) is 28.3. The SMILES string of the molecule is c1ccc(-c2ccc3ccc4ccc(-c5ccc(-c6cc(-c7ccc(-c8ccc(-c9cc(-c%10ccc(-c%11cccc%12c%11nc(-c%11cccc%13ccccc%11%13)c%11c%13ccccc%13sc%12%11)cc%10)nc(-c%10ccccc%10)n9)cc8)cc7)cc7c6nc(-c6cccc8ccccc68)c6c8ccccc8sc76)cc5)nc4c3n2)cc1. The summed E-state index contributed by atoms with van der Waals surface area (Å²) in [5.74, 6) is 0.666. The number of pyridine rings is 4. The van der Waals surface area contributed by atoms with Gasteiger partial charge in [-0.05, 0) is 97.4 Å². The lowest BCUT2D eigenvalue weighted by atomic mass is 9.92. The fourth-order valence-corrected chi connectivity index (χ4v) is 18.9. The van der Waals surface area contributed by atoms with Crippen molar-refractivity contribution in [3.05, 3.63) is 364 Å². The molecule has 6 nitrogen and oxygen atoms in total. The van der Waals surface area contributed by atoms with E-state index in [0.717, 1.165) is 161 Å². The Bertz CT molecular complexity index is 7470. The standard InChI is InChI=1S/C102H60N6S2/c1-3-20-68(21-4-1)86-56-54-72-52-53-73-55-57-87(104-95(73)94(72)103-86)69-48-44-67(45-49-69)84-58-75(59-85-97(84)108-99(80-32-16-25-65-19-8-10-27-77(65)80)93-82-29-12-14-35-91(82)110-101(85)93)63-38-36-61(37-39-63)62-40-46-70(47-41-62)88-60-89(106-102(105-88)74-22-5-2-6-23-74)71-50-42-66(43-51-71)78-30-17-33-83-96(78)107-98(79-31-15-24-64-18-7-9-26-76(64)79)92-81-28-11-13-34-90(81)109-100(83)92/h1-60H. The summed E-state index contributed by atoms with van der Waals surface area (Å²) in [5, 5.41) is 13.9. The topological polar surface area (TPSA) is 77.3 Å². The van der Waals surface area contributed by atoms with E-state index in [4.69, 9.17) is 29.9 Å². The number of hydrogen-bond donors (Lipinski definition) is 0. The summed E-state index contributed by atoms with van der Waals surface area (Å²) < 4.78 is 4.95. The zero-order valence-corrected chi connectivity index (χ0v) is 60.8. The second kappa shape index (κ2) is 25.9. The Balaban J connectivity index is 0.617. The van der Waals surface area contributed by atoms with Crippen molar-refractivity contribution in [2.75, 3.05) is 0 Å². The van der Waals surface area contributed by atoms with Crippen LogP contribution in [0, 0.1) is 0 Å². The highest BCUT2D eigenvalue weighted by Gasteiger charge is 2.24. The largest absolute Gasteiger partial charge is 0.246 e. The van der Waals surface area contributed by atoms with Crippen LogP contribution < -0.4 is 0 Å². The number of benzene rings is 15. The van der Waals surface area contributed by atoms with Crippen LogP contribution in [0.2, 0.25) is 0 Å². The third kappa shape index (κ3) is 10.7. The van der Waals surface area contributed by atoms with Crippen LogP contribution in [0.15, 0.2) is 364 Å². The van der Waals surface area contributed by atoms with E-state index in [9.17, 15) is 0 Å². The van der Waals surface area contributed by atoms with E-state index in [1.54, 1.807) is 0 Å². The Kier molecular flexibility index (Phi) is 14.9. The van der Waals surface area contributed by atoms with Crippen molar-refractivity contribution in [2.24, 2.45) is 0 Å². The molecule has 15 aromatic carbocycles. The molecule has 0 bridgehead atoms. The molecule has 110 heavy (non-hydrogen) atoms. The summed E-state index contributed by atoms with van der Waals surface area (Å²) in [6, 6.07) is 131. The maximum absolute atomic E-state index is 5.88. The minimum atomic E-state index is 0.666. The molecule has 0 aliphatic heterocycles. The molecule has 0 radical (unpaired) electrons. The predicted octanol–water partition coefficient (Wildman–Crippen LogP) is 28.0. The average molecular weight is 1430 g/mol. The molecule has 22 rings (SSSR count). The molecule has 0 fully saturated rings. The zero-order valence-electron chi connectivity index (χ0n) is 59.1. The number of para-hydroxylation sites is 1. The molecule has 0 saturated carbocycles. The van der Waals surface area contributed by atoms with Crippen LogP contribution >= 0.6 is 22.7 Å². The monoisotopic (exact) mass is 1430 g/mol. The summed E-state index contributed by atoms with van der Waals surface area (Å²) in [7, 11) is 0. The Labute approximate surface area is 640 Å². The van der Waals surface area contributed by atoms with Crippen LogP contribution in [0.1, 0.15) is 0 Å². The van der Waals surface area contributed by atoms with Gasteiger partial charge in [0.1, 0.15) is 0 Å². The normalized spacial score (nSPS) is 11.8. The first-order chi connectivity index (χ1) is 54.5. The molecule has 0 spiro atoms.